The van der Waals surface area contributed by atoms with Gasteiger partial charge in [-0.1, -0.05) is 88.9 Å². The zero-order chi connectivity index (χ0) is 19.3. The summed E-state index contributed by atoms with van der Waals surface area (Å²) in [6.45, 7) is 11.2. The number of carbonyl (C=O) groups is 1. The number of hydrogen-bond donors (Lipinski definition) is 0. The van der Waals surface area contributed by atoms with Crippen molar-refractivity contribution in [3.63, 3.8) is 0 Å². The van der Waals surface area contributed by atoms with Crippen molar-refractivity contribution in [2.24, 2.45) is 17.8 Å². The van der Waals surface area contributed by atoms with Crippen LogP contribution in [0.1, 0.15) is 46.6 Å². The number of carbonyl (C=O) groups excluding carboxylic acids is 1. The third-order valence-electron chi connectivity index (χ3n) is 4.87. The first-order valence-electron chi connectivity index (χ1n) is 9.46. The Morgan fingerprint density at radius 3 is 2.46 bits per heavy atom. The van der Waals surface area contributed by atoms with Crippen LogP contribution in [0.5, 0.6) is 0 Å². The number of benzene rings is 1. The second-order valence-electron chi connectivity index (χ2n) is 7.85. The van der Waals surface area contributed by atoms with Gasteiger partial charge in [0.05, 0.1) is 18.6 Å². The van der Waals surface area contributed by atoms with Crippen molar-refractivity contribution in [3.8, 4) is 0 Å². The lowest BCUT2D eigenvalue weighted by atomic mass is 9.93. The van der Waals surface area contributed by atoms with Gasteiger partial charge >= 0.3 is 0 Å². The summed E-state index contributed by atoms with van der Waals surface area (Å²) in [5, 5.41) is 0. The first kappa shape index (κ1) is 21.4. The number of thiocarbonyl (C=S) groups is 1. The van der Waals surface area contributed by atoms with E-state index in [0.717, 1.165) is 17.7 Å². The zero-order valence-electron chi connectivity index (χ0n) is 16.5. The number of nitrogens with zero attached hydrogens (tertiary/aromatic N) is 1. The molecule has 0 saturated carbocycles. The van der Waals surface area contributed by atoms with Crippen molar-refractivity contribution in [1.82, 2.24) is 4.90 Å². The molecule has 5 heteroatoms. The minimum absolute atomic E-state index is 0.107. The van der Waals surface area contributed by atoms with Crippen LogP contribution < -0.4 is 0 Å². The van der Waals surface area contributed by atoms with E-state index in [1.165, 1.54) is 0 Å². The van der Waals surface area contributed by atoms with Gasteiger partial charge in [-0.2, -0.15) is 0 Å². The maximum atomic E-state index is 13.2. The summed E-state index contributed by atoms with van der Waals surface area (Å²) >= 11 is 7.09. The lowest BCUT2D eigenvalue weighted by Crippen LogP contribution is -2.47. The van der Waals surface area contributed by atoms with Crippen molar-refractivity contribution in [2.75, 3.05) is 5.75 Å². The van der Waals surface area contributed by atoms with Crippen LogP contribution >= 0.6 is 24.0 Å². The van der Waals surface area contributed by atoms with E-state index in [9.17, 15) is 4.79 Å². The fourth-order valence-corrected chi connectivity index (χ4v) is 4.86. The molecular weight excluding hydrogens is 362 g/mol. The smallest absolute Gasteiger partial charge is 0.233 e. The summed E-state index contributed by atoms with van der Waals surface area (Å²) in [5.74, 6) is 1.66. The van der Waals surface area contributed by atoms with Crippen LogP contribution in [0.15, 0.2) is 30.3 Å². The van der Waals surface area contributed by atoms with Crippen molar-refractivity contribution in [1.29, 1.82) is 0 Å². The molecule has 0 radical (unpaired) electrons. The van der Waals surface area contributed by atoms with E-state index in [2.05, 4.69) is 39.8 Å². The molecule has 1 aromatic rings. The predicted molar refractivity (Wildman–Crippen MR) is 114 cm³/mol. The highest BCUT2D eigenvalue weighted by molar-refractivity contribution is 8.23. The Kier molecular flexibility index (Phi) is 8.11. The summed E-state index contributed by atoms with van der Waals surface area (Å²) in [5.41, 5.74) is 1.13. The van der Waals surface area contributed by atoms with Gasteiger partial charge in [-0.25, -0.2) is 0 Å². The lowest BCUT2D eigenvalue weighted by Gasteiger charge is -2.32. The Balaban J connectivity index is 2.10. The average Bonchev–Trinajstić information content (AvgIpc) is 2.99. The quantitative estimate of drug-likeness (QED) is 0.572. The van der Waals surface area contributed by atoms with E-state index in [1.54, 1.807) is 11.8 Å². The molecule has 1 saturated heterocycles. The van der Waals surface area contributed by atoms with Crippen molar-refractivity contribution in [2.45, 2.75) is 59.8 Å². The Morgan fingerprint density at radius 2 is 1.88 bits per heavy atom. The normalized spacial score (nSPS) is 20.0. The molecule has 26 heavy (non-hydrogen) atoms. The summed E-state index contributed by atoms with van der Waals surface area (Å²) in [4.78, 5) is 15.1. The Labute approximate surface area is 167 Å². The topological polar surface area (TPSA) is 29.5 Å². The van der Waals surface area contributed by atoms with Crippen LogP contribution in [0.3, 0.4) is 0 Å². The molecule has 0 aromatic heterocycles. The molecule has 0 bridgehead atoms. The van der Waals surface area contributed by atoms with Gasteiger partial charge in [-0.15, -0.1) is 0 Å². The second-order valence-corrected chi connectivity index (χ2v) is 9.50. The van der Waals surface area contributed by atoms with Crippen LogP contribution in [0, 0.1) is 17.8 Å². The molecule has 0 N–H and O–H groups in total. The average molecular weight is 394 g/mol. The molecular formula is C21H31NO2S2. The molecule has 1 aliphatic rings. The highest BCUT2D eigenvalue weighted by Gasteiger charge is 2.39. The van der Waals surface area contributed by atoms with Crippen LogP contribution in [0.4, 0.5) is 0 Å². The third kappa shape index (κ3) is 5.54. The molecule has 1 aliphatic heterocycles. The second kappa shape index (κ2) is 9.86. The van der Waals surface area contributed by atoms with E-state index in [1.807, 2.05) is 30.0 Å². The fourth-order valence-electron chi connectivity index (χ4n) is 3.22. The van der Waals surface area contributed by atoms with Crippen LogP contribution in [-0.4, -0.2) is 33.0 Å². The largest absolute Gasteiger partial charge is 0.373 e. The van der Waals surface area contributed by atoms with Crippen LogP contribution in [-0.2, 0) is 16.1 Å². The van der Waals surface area contributed by atoms with Gasteiger partial charge in [-0.05, 0) is 23.8 Å². The highest BCUT2D eigenvalue weighted by Crippen LogP contribution is 2.32. The lowest BCUT2D eigenvalue weighted by molar-refractivity contribution is -0.138. The number of ether oxygens (including phenoxy) is 1. The van der Waals surface area contributed by atoms with Crippen molar-refractivity contribution in [3.05, 3.63) is 35.9 Å². The number of thioether (sulfide) groups is 1. The van der Waals surface area contributed by atoms with Gasteiger partial charge in [0.15, 0.2) is 0 Å². The van der Waals surface area contributed by atoms with E-state index in [0.29, 0.717) is 22.8 Å². The maximum absolute atomic E-state index is 13.2. The first-order valence-corrected chi connectivity index (χ1v) is 10.9. The molecule has 1 heterocycles. The molecule has 144 valence electrons. The fraction of sp³-hybridized carbons (Fsp3) is 0.619. The van der Waals surface area contributed by atoms with Crippen LogP contribution in [0.25, 0.3) is 0 Å². The third-order valence-corrected chi connectivity index (χ3v) is 6.37. The standard InChI is InChI=1S/C21H31NO2S2/c1-14(2)11-19(24-12-17-9-7-6-8-10-17)16(5)20(23)22-18(15(3)4)13-26-21(22)25/h6-10,14-16,18-19H,11-13H2,1-5H3/t16-,18-,19-/m1/s1. The van der Waals surface area contributed by atoms with Gasteiger partial charge < -0.3 is 4.74 Å². The summed E-state index contributed by atoms with van der Waals surface area (Å²) in [6.07, 6.45) is 0.753. The van der Waals surface area contributed by atoms with E-state index < -0.39 is 0 Å². The number of amides is 1. The maximum Gasteiger partial charge on any atom is 0.233 e. The molecule has 0 unspecified atom stereocenters. The molecule has 1 amide bonds. The van der Waals surface area contributed by atoms with Gasteiger partial charge in [0.25, 0.3) is 0 Å². The molecule has 3 atom stereocenters. The molecule has 1 fully saturated rings. The molecule has 1 aromatic carbocycles. The van der Waals surface area contributed by atoms with Crippen molar-refractivity contribution < 1.29 is 9.53 Å². The van der Waals surface area contributed by atoms with E-state index >= 15 is 0 Å². The first-order chi connectivity index (χ1) is 12.3. The Morgan fingerprint density at radius 1 is 1.23 bits per heavy atom. The molecule has 0 spiro atoms. The zero-order valence-corrected chi connectivity index (χ0v) is 18.1. The summed E-state index contributed by atoms with van der Waals surface area (Å²) < 4.78 is 6.93. The monoisotopic (exact) mass is 393 g/mol. The molecule has 2 rings (SSSR count). The highest BCUT2D eigenvalue weighted by atomic mass is 32.2. The van der Waals surface area contributed by atoms with E-state index in [4.69, 9.17) is 17.0 Å². The molecule has 3 nitrogen and oxygen atoms in total. The van der Waals surface area contributed by atoms with Gasteiger partial charge in [0.1, 0.15) is 4.32 Å². The minimum Gasteiger partial charge on any atom is -0.373 e. The Bertz CT molecular complexity index is 603. The van der Waals surface area contributed by atoms with Gasteiger partial charge in [0.2, 0.25) is 5.91 Å². The predicted octanol–water partition coefficient (Wildman–Crippen LogP) is 5.14. The van der Waals surface area contributed by atoms with E-state index in [-0.39, 0.29) is 24.0 Å². The van der Waals surface area contributed by atoms with Crippen molar-refractivity contribution >= 4 is 34.2 Å². The van der Waals surface area contributed by atoms with Gasteiger partial charge in [-0.3, -0.25) is 9.69 Å². The summed E-state index contributed by atoms with van der Waals surface area (Å²) in [7, 11) is 0. The Hall–Kier alpha value is -0.910. The van der Waals surface area contributed by atoms with Crippen LogP contribution in [0.2, 0.25) is 0 Å². The number of hydrogen-bond acceptors (Lipinski definition) is 4. The minimum atomic E-state index is -0.209. The summed E-state index contributed by atoms with van der Waals surface area (Å²) in [6, 6.07) is 10.3. The molecule has 0 aliphatic carbocycles. The van der Waals surface area contributed by atoms with Gasteiger partial charge in [0, 0.05) is 11.8 Å². The SMILES string of the molecule is CC(C)C[C@@H](OCc1ccccc1)[C@@H](C)C(=O)N1C(=S)SC[C@@H]1C(C)C. The number of rotatable bonds is 8.